The number of nitrogens with one attached hydrogen (secondary N) is 1. The van der Waals surface area contributed by atoms with Crippen molar-refractivity contribution in [2.45, 2.75) is 44.7 Å². The number of carbonyl (C=O) groups excluding carboxylic acids is 1. The van der Waals surface area contributed by atoms with E-state index in [1.807, 2.05) is 23.4 Å². The van der Waals surface area contributed by atoms with E-state index < -0.39 is 0 Å². The van der Waals surface area contributed by atoms with Crippen molar-refractivity contribution in [3.05, 3.63) is 12.2 Å². The lowest BCUT2D eigenvalue weighted by atomic mass is 10.0. The van der Waals surface area contributed by atoms with Gasteiger partial charge in [0.2, 0.25) is 0 Å². The van der Waals surface area contributed by atoms with E-state index in [9.17, 15) is 4.79 Å². The van der Waals surface area contributed by atoms with Crippen LogP contribution in [0.1, 0.15) is 44.5 Å². The largest absolute Gasteiger partial charge is 0.328 e. The lowest BCUT2D eigenvalue weighted by Gasteiger charge is -2.37. The Morgan fingerprint density at radius 2 is 2.09 bits per heavy atom. The summed E-state index contributed by atoms with van der Waals surface area (Å²) in [6.07, 6.45) is 6.55. The van der Waals surface area contributed by atoms with Crippen molar-refractivity contribution < 1.29 is 4.79 Å². The zero-order valence-corrected chi connectivity index (χ0v) is 13.5. The predicted octanol–water partition coefficient (Wildman–Crippen LogP) is 1.15. The van der Waals surface area contributed by atoms with Crippen molar-refractivity contribution in [1.29, 1.82) is 0 Å². The van der Waals surface area contributed by atoms with E-state index in [2.05, 4.69) is 20.4 Å². The maximum Gasteiger partial charge on any atom is 0.318 e. The van der Waals surface area contributed by atoms with E-state index in [0.717, 1.165) is 25.3 Å². The van der Waals surface area contributed by atoms with Crippen LogP contribution in [0.4, 0.5) is 4.79 Å². The summed E-state index contributed by atoms with van der Waals surface area (Å²) in [7, 11) is 1.89. The minimum Gasteiger partial charge on any atom is -0.328 e. The number of hydrogen-bond donors (Lipinski definition) is 1. The highest BCUT2D eigenvalue weighted by molar-refractivity contribution is 5.74. The summed E-state index contributed by atoms with van der Waals surface area (Å²) in [4.78, 5) is 17.0. The van der Waals surface area contributed by atoms with Crippen LogP contribution in [-0.4, -0.2) is 62.8 Å². The zero-order chi connectivity index (χ0) is 15.5. The standard InChI is InChI=1S/C15H26N6O/c1-12(14-18-16-11-19(14)2)17-15(22)21-9-5-6-13(10-21)20-7-3-4-8-20/h11-13H,3-10H2,1-2H3,(H,17,22)/t12-,13-/m0/s1. The summed E-state index contributed by atoms with van der Waals surface area (Å²) in [5.41, 5.74) is 0. The third-order valence-corrected chi connectivity index (χ3v) is 4.81. The van der Waals surface area contributed by atoms with Gasteiger partial charge in [-0.25, -0.2) is 4.79 Å². The molecule has 22 heavy (non-hydrogen) atoms. The zero-order valence-electron chi connectivity index (χ0n) is 13.5. The minimum absolute atomic E-state index is 0.0133. The Kier molecular flexibility index (Phi) is 4.61. The van der Waals surface area contributed by atoms with Gasteiger partial charge in [-0.05, 0) is 45.7 Å². The molecule has 3 heterocycles. The van der Waals surface area contributed by atoms with Gasteiger partial charge in [0.25, 0.3) is 0 Å². The molecule has 3 rings (SSSR count). The molecule has 1 aromatic rings. The molecule has 2 fully saturated rings. The van der Waals surface area contributed by atoms with Gasteiger partial charge in [0.15, 0.2) is 5.82 Å². The molecule has 0 saturated carbocycles. The van der Waals surface area contributed by atoms with Gasteiger partial charge in [0, 0.05) is 26.2 Å². The van der Waals surface area contributed by atoms with Crippen LogP contribution in [0.25, 0.3) is 0 Å². The molecule has 1 N–H and O–H groups in total. The first-order chi connectivity index (χ1) is 10.6. The fourth-order valence-electron chi connectivity index (χ4n) is 3.57. The van der Waals surface area contributed by atoms with Crippen molar-refractivity contribution in [3.8, 4) is 0 Å². The molecular formula is C15H26N6O. The van der Waals surface area contributed by atoms with Gasteiger partial charge in [-0.15, -0.1) is 10.2 Å². The van der Waals surface area contributed by atoms with E-state index >= 15 is 0 Å². The van der Waals surface area contributed by atoms with Crippen molar-refractivity contribution in [2.24, 2.45) is 7.05 Å². The van der Waals surface area contributed by atoms with Crippen molar-refractivity contribution >= 4 is 6.03 Å². The maximum absolute atomic E-state index is 12.5. The molecule has 0 unspecified atom stereocenters. The predicted molar refractivity (Wildman–Crippen MR) is 83.4 cm³/mol. The number of nitrogens with zero attached hydrogens (tertiary/aromatic N) is 5. The van der Waals surface area contributed by atoms with Crippen LogP contribution in [0, 0.1) is 0 Å². The second-order valence-electron chi connectivity index (χ2n) is 6.46. The molecule has 2 atom stereocenters. The fourth-order valence-corrected chi connectivity index (χ4v) is 3.57. The van der Waals surface area contributed by atoms with E-state index in [1.165, 1.54) is 32.4 Å². The summed E-state index contributed by atoms with van der Waals surface area (Å²) < 4.78 is 1.84. The first-order valence-corrected chi connectivity index (χ1v) is 8.28. The van der Waals surface area contributed by atoms with Crippen molar-refractivity contribution in [2.75, 3.05) is 26.2 Å². The number of carbonyl (C=O) groups is 1. The van der Waals surface area contributed by atoms with Crippen LogP contribution >= 0.6 is 0 Å². The summed E-state index contributed by atoms with van der Waals surface area (Å²) in [6, 6.07) is 0.415. The number of urea groups is 1. The van der Waals surface area contributed by atoms with Crippen LogP contribution < -0.4 is 5.32 Å². The monoisotopic (exact) mass is 306 g/mol. The molecule has 7 nitrogen and oxygen atoms in total. The Hall–Kier alpha value is -1.63. The van der Waals surface area contributed by atoms with Gasteiger partial charge in [0.1, 0.15) is 6.33 Å². The number of piperidine rings is 1. The van der Waals surface area contributed by atoms with E-state index in [0.29, 0.717) is 6.04 Å². The number of rotatable bonds is 3. The Morgan fingerprint density at radius 3 is 2.77 bits per heavy atom. The minimum atomic E-state index is -0.132. The van der Waals surface area contributed by atoms with Gasteiger partial charge >= 0.3 is 6.03 Å². The van der Waals surface area contributed by atoms with Gasteiger partial charge < -0.3 is 14.8 Å². The molecule has 0 aromatic carbocycles. The first-order valence-electron chi connectivity index (χ1n) is 8.28. The van der Waals surface area contributed by atoms with Crippen LogP contribution in [0.3, 0.4) is 0 Å². The Morgan fingerprint density at radius 1 is 1.32 bits per heavy atom. The van der Waals surface area contributed by atoms with Crippen molar-refractivity contribution in [1.82, 2.24) is 29.9 Å². The molecule has 0 aliphatic carbocycles. The molecule has 0 bridgehead atoms. The highest BCUT2D eigenvalue weighted by atomic mass is 16.2. The summed E-state index contributed by atoms with van der Waals surface area (Å²) in [5.74, 6) is 0.779. The Labute approximate surface area is 131 Å². The third kappa shape index (κ3) is 3.24. The average molecular weight is 306 g/mol. The van der Waals surface area contributed by atoms with Gasteiger partial charge in [-0.1, -0.05) is 0 Å². The maximum atomic E-state index is 12.5. The van der Waals surface area contributed by atoms with Crippen LogP contribution in [0.2, 0.25) is 0 Å². The molecular weight excluding hydrogens is 280 g/mol. The number of amides is 2. The molecule has 2 saturated heterocycles. The average Bonchev–Trinajstić information content (AvgIpc) is 3.18. The van der Waals surface area contributed by atoms with Crippen LogP contribution in [-0.2, 0) is 7.05 Å². The van der Waals surface area contributed by atoms with Crippen LogP contribution in [0.15, 0.2) is 6.33 Å². The quantitative estimate of drug-likeness (QED) is 0.909. The number of aryl methyl sites for hydroxylation is 1. The molecule has 2 aliphatic heterocycles. The van der Waals surface area contributed by atoms with Gasteiger partial charge in [0.05, 0.1) is 6.04 Å². The number of hydrogen-bond acceptors (Lipinski definition) is 4. The number of aromatic nitrogens is 3. The Bertz CT molecular complexity index is 510. The third-order valence-electron chi connectivity index (χ3n) is 4.81. The summed E-state index contributed by atoms with van der Waals surface area (Å²) >= 11 is 0. The van der Waals surface area contributed by atoms with Gasteiger partial charge in [-0.3, -0.25) is 4.90 Å². The molecule has 0 radical (unpaired) electrons. The fraction of sp³-hybridized carbons (Fsp3) is 0.800. The SMILES string of the molecule is C[C@H](NC(=O)N1CCC[C@H](N2CCCC2)C1)c1nncn1C. The molecule has 0 spiro atoms. The Balaban J connectivity index is 1.56. The molecule has 2 amide bonds. The second kappa shape index (κ2) is 6.64. The molecule has 7 heteroatoms. The van der Waals surface area contributed by atoms with E-state index in [1.54, 1.807) is 6.33 Å². The summed E-state index contributed by atoms with van der Waals surface area (Å²) in [5, 5.41) is 11.0. The lowest BCUT2D eigenvalue weighted by molar-refractivity contribution is 0.123. The number of likely N-dealkylation sites (tertiary alicyclic amines) is 2. The normalized spacial score (nSPS) is 24.5. The van der Waals surface area contributed by atoms with E-state index in [-0.39, 0.29) is 12.1 Å². The molecule has 1 aromatic heterocycles. The topological polar surface area (TPSA) is 66.3 Å². The second-order valence-corrected chi connectivity index (χ2v) is 6.46. The molecule has 2 aliphatic rings. The highest BCUT2D eigenvalue weighted by Gasteiger charge is 2.30. The summed E-state index contributed by atoms with van der Waals surface area (Å²) in [6.45, 7) is 6.02. The smallest absolute Gasteiger partial charge is 0.318 e. The van der Waals surface area contributed by atoms with Crippen LogP contribution in [0.5, 0.6) is 0 Å². The highest BCUT2D eigenvalue weighted by Crippen LogP contribution is 2.21. The molecule has 122 valence electrons. The van der Waals surface area contributed by atoms with E-state index in [4.69, 9.17) is 0 Å². The first kappa shape index (κ1) is 15.3. The lowest BCUT2D eigenvalue weighted by Crippen LogP contribution is -2.52. The van der Waals surface area contributed by atoms with Gasteiger partial charge in [-0.2, -0.15) is 0 Å². The van der Waals surface area contributed by atoms with Crippen molar-refractivity contribution in [3.63, 3.8) is 0 Å².